The predicted molar refractivity (Wildman–Crippen MR) is 79.3 cm³/mol. The van der Waals surface area contributed by atoms with E-state index in [9.17, 15) is 14.3 Å². The minimum atomic E-state index is -1.41. The standard InChI is InChI=1S/C16H17FN2O2/c17-13-6-3-5-12(8-13)16(10-18,15(20)21)9-11-4-1-2-7-14(11)19/h1-8H,9-10,18-19H2,(H,20,21). The third kappa shape index (κ3) is 2.87. The van der Waals surface area contributed by atoms with Crippen LogP contribution in [0.4, 0.5) is 10.1 Å². The van der Waals surface area contributed by atoms with Crippen molar-refractivity contribution < 1.29 is 14.3 Å². The van der Waals surface area contributed by atoms with Crippen LogP contribution in [0.5, 0.6) is 0 Å². The van der Waals surface area contributed by atoms with E-state index in [2.05, 4.69) is 0 Å². The van der Waals surface area contributed by atoms with E-state index in [1.165, 1.54) is 18.2 Å². The maximum atomic E-state index is 13.5. The lowest BCUT2D eigenvalue weighted by atomic mass is 9.75. The SMILES string of the molecule is NCC(Cc1ccccc1N)(C(=O)O)c1cccc(F)c1. The largest absolute Gasteiger partial charge is 0.481 e. The Balaban J connectivity index is 2.53. The number of hydrogen-bond acceptors (Lipinski definition) is 3. The Morgan fingerprint density at radius 2 is 1.90 bits per heavy atom. The normalized spacial score (nSPS) is 13.6. The van der Waals surface area contributed by atoms with Crippen molar-refractivity contribution >= 4 is 11.7 Å². The van der Waals surface area contributed by atoms with Crippen LogP contribution >= 0.6 is 0 Å². The summed E-state index contributed by atoms with van der Waals surface area (Å²) in [6.07, 6.45) is 0.106. The molecule has 2 aromatic rings. The molecule has 2 aromatic carbocycles. The van der Waals surface area contributed by atoms with Crippen molar-refractivity contribution in [2.75, 3.05) is 12.3 Å². The summed E-state index contributed by atoms with van der Waals surface area (Å²) in [5.74, 6) is -1.59. The molecule has 2 rings (SSSR count). The molecule has 5 heteroatoms. The predicted octanol–water partition coefficient (Wildman–Crippen LogP) is 1.93. The Morgan fingerprint density at radius 1 is 1.19 bits per heavy atom. The first kappa shape index (κ1) is 15.0. The molecule has 110 valence electrons. The van der Waals surface area contributed by atoms with Crippen molar-refractivity contribution in [1.82, 2.24) is 0 Å². The summed E-state index contributed by atoms with van der Waals surface area (Å²) in [5.41, 5.74) is 11.7. The first-order valence-electron chi connectivity index (χ1n) is 6.52. The fraction of sp³-hybridized carbons (Fsp3) is 0.188. The molecule has 0 amide bonds. The van der Waals surface area contributed by atoms with Gasteiger partial charge in [-0.3, -0.25) is 4.79 Å². The number of carboxylic acid groups (broad SMARTS) is 1. The van der Waals surface area contributed by atoms with E-state index in [0.717, 1.165) is 0 Å². The van der Waals surface area contributed by atoms with E-state index in [-0.39, 0.29) is 13.0 Å². The number of carboxylic acids is 1. The summed E-state index contributed by atoms with van der Waals surface area (Å²) in [6.45, 7) is -0.153. The number of hydrogen-bond donors (Lipinski definition) is 3. The van der Waals surface area contributed by atoms with E-state index in [1.54, 1.807) is 30.3 Å². The quantitative estimate of drug-likeness (QED) is 0.733. The monoisotopic (exact) mass is 288 g/mol. The highest BCUT2D eigenvalue weighted by Crippen LogP contribution is 2.30. The van der Waals surface area contributed by atoms with Crippen molar-refractivity contribution in [3.8, 4) is 0 Å². The lowest BCUT2D eigenvalue weighted by molar-refractivity contribution is -0.143. The minimum Gasteiger partial charge on any atom is -0.481 e. The van der Waals surface area contributed by atoms with E-state index >= 15 is 0 Å². The third-order valence-electron chi connectivity index (χ3n) is 3.68. The van der Waals surface area contributed by atoms with Crippen LogP contribution in [-0.2, 0) is 16.6 Å². The Bertz CT molecular complexity index is 660. The van der Waals surface area contributed by atoms with E-state index in [1.807, 2.05) is 0 Å². The average Bonchev–Trinajstić information content (AvgIpc) is 2.46. The van der Waals surface area contributed by atoms with Crippen molar-refractivity contribution in [2.24, 2.45) is 5.73 Å². The summed E-state index contributed by atoms with van der Waals surface area (Å²) in [4.78, 5) is 11.8. The molecule has 0 saturated heterocycles. The van der Waals surface area contributed by atoms with Gasteiger partial charge in [0.25, 0.3) is 0 Å². The van der Waals surface area contributed by atoms with Gasteiger partial charge in [-0.2, -0.15) is 0 Å². The zero-order valence-electron chi connectivity index (χ0n) is 11.4. The second kappa shape index (κ2) is 5.93. The summed E-state index contributed by atoms with van der Waals surface area (Å²) >= 11 is 0. The van der Waals surface area contributed by atoms with Crippen molar-refractivity contribution in [3.05, 3.63) is 65.5 Å². The molecular weight excluding hydrogens is 271 g/mol. The fourth-order valence-corrected chi connectivity index (χ4v) is 2.38. The maximum Gasteiger partial charge on any atom is 0.315 e. The van der Waals surface area contributed by atoms with Crippen LogP contribution < -0.4 is 11.5 Å². The second-order valence-corrected chi connectivity index (χ2v) is 4.98. The van der Waals surface area contributed by atoms with Gasteiger partial charge in [-0.1, -0.05) is 30.3 Å². The lowest BCUT2D eigenvalue weighted by Crippen LogP contribution is -2.45. The van der Waals surface area contributed by atoms with Crippen LogP contribution in [0, 0.1) is 5.82 Å². The van der Waals surface area contributed by atoms with Gasteiger partial charge in [0, 0.05) is 12.2 Å². The molecule has 0 saturated carbocycles. The van der Waals surface area contributed by atoms with Gasteiger partial charge < -0.3 is 16.6 Å². The van der Waals surface area contributed by atoms with Crippen LogP contribution in [0.3, 0.4) is 0 Å². The Morgan fingerprint density at radius 3 is 2.48 bits per heavy atom. The molecule has 1 unspecified atom stereocenters. The topological polar surface area (TPSA) is 89.3 Å². The zero-order valence-corrected chi connectivity index (χ0v) is 11.4. The van der Waals surface area contributed by atoms with Gasteiger partial charge in [-0.15, -0.1) is 0 Å². The Labute approximate surface area is 122 Å². The van der Waals surface area contributed by atoms with Gasteiger partial charge in [-0.25, -0.2) is 4.39 Å². The molecule has 5 N–H and O–H groups in total. The van der Waals surface area contributed by atoms with E-state index < -0.39 is 17.2 Å². The maximum absolute atomic E-state index is 13.5. The highest BCUT2D eigenvalue weighted by Gasteiger charge is 2.40. The molecule has 0 aromatic heterocycles. The number of halogens is 1. The number of benzene rings is 2. The van der Waals surface area contributed by atoms with Gasteiger partial charge in [0.15, 0.2) is 0 Å². The van der Waals surface area contributed by atoms with Crippen molar-refractivity contribution in [1.29, 1.82) is 0 Å². The lowest BCUT2D eigenvalue weighted by Gasteiger charge is -2.29. The van der Waals surface area contributed by atoms with Crippen LogP contribution in [0.2, 0.25) is 0 Å². The Hall–Kier alpha value is -2.40. The first-order valence-corrected chi connectivity index (χ1v) is 6.52. The summed E-state index contributed by atoms with van der Waals surface area (Å²) in [7, 11) is 0. The molecule has 0 aliphatic rings. The first-order chi connectivity index (χ1) is 9.99. The highest BCUT2D eigenvalue weighted by molar-refractivity contribution is 5.82. The van der Waals surface area contributed by atoms with Gasteiger partial charge in [0.1, 0.15) is 11.2 Å². The van der Waals surface area contributed by atoms with Gasteiger partial charge >= 0.3 is 5.97 Å². The minimum absolute atomic E-state index is 0.106. The average molecular weight is 288 g/mol. The molecule has 4 nitrogen and oxygen atoms in total. The molecule has 0 heterocycles. The van der Waals surface area contributed by atoms with Crippen molar-refractivity contribution in [3.63, 3.8) is 0 Å². The van der Waals surface area contributed by atoms with Crippen LogP contribution in [0.15, 0.2) is 48.5 Å². The highest BCUT2D eigenvalue weighted by atomic mass is 19.1. The summed E-state index contributed by atoms with van der Waals surface area (Å²) < 4.78 is 13.5. The van der Waals surface area contributed by atoms with Gasteiger partial charge in [0.2, 0.25) is 0 Å². The molecule has 0 spiro atoms. The number of nitrogens with two attached hydrogens (primary N) is 2. The number of anilines is 1. The smallest absolute Gasteiger partial charge is 0.315 e. The van der Waals surface area contributed by atoms with Crippen LogP contribution in [0.25, 0.3) is 0 Å². The fourth-order valence-electron chi connectivity index (χ4n) is 2.38. The molecule has 0 radical (unpaired) electrons. The molecule has 1 atom stereocenters. The molecule has 0 fully saturated rings. The molecule has 0 bridgehead atoms. The van der Waals surface area contributed by atoms with E-state index in [0.29, 0.717) is 16.8 Å². The number of nitrogen functional groups attached to an aromatic ring is 1. The number of aliphatic carboxylic acids is 1. The van der Waals surface area contributed by atoms with Crippen molar-refractivity contribution in [2.45, 2.75) is 11.8 Å². The Kier molecular flexibility index (Phi) is 4.23. The summed E-state index contributed by atoms with van der Waals surface area (Å²) in [6, 6.07) is 12.5. The van der Waals surface area contributed by atoms with Gasteiger partial charge in [0.05, 0.1) is 0 Å². The summed E-state index contributed by atoms with van der Waals surface area (Å²) in [5, 5.41) is 9.68. The third-order valence-corrected chi connectivity index (χ3v) is 3.68. The van der Waals surface area contributed by atoms with Crippen LogP contribution in [-0.4, -0.2) is 17.6 Å². The number of para-hydroxylation sites is 1. The van der Waals surface area contributed by atoms with Gasteiger partial charge in [-0.05, 0) is 35.7 Å². The van der Waals surface area contributed by atoms with Crippen LogP contribution in [0.1, 0.15) is 11.1 Å². The molecule has 0 aliphatic heterocycles. The number of carbonyl (C=O) groups is 1. The second-order valence-electron chi connectivity index (χ2n) is 4.98. The molecule has 0 aliphatic carbocycles. The molecule has 21 heavy (non-hydrogen) atoms. The molecular formula is C16H17FN2O2. The number of rotatable bonds is 5. The van der Waals surface area contributed by atoms with E-state index in [4.69, 9.17) is 11.5 Å². The zero-order chi connectivity index (χ0) is 15.5.